The van der Waals surface area contributed by atoms with Gasteiger partial charge in [-0.3, -0.25) is 4.99 Å². The number of nitrogens with zero attached hydrogens (tertiary/aromatic N) is 1. The van der Waals surface area contributed by atoms with Crippen LogP contribution in [0.1, 0.15) is 11.3 Å². The second-order valence-corrected chi connectivity index (χ2v) is 5.29. The number of furan rings is 1. The summed E-state index contributed by atoms with van der Waals surface area (Å²) in [6.07, 6.45) is 1.64. The summed E-state index contributed by atoms with van der Waals surface area (Å²) in [6.45, 7) is 0.470. The number of benzene rings is 1. The van der Waals surface area contributed by atoms with Crippen molar-refractivity contribution in [1.29, 1.82) is 0 Å². The van der Waals surface area contributed by atoms with E-state index in [0.717, 1.165) is 27.2 Å². The van der Waals surface area contributed by atoms with Gasteiger partial charge in [0.15, 0.2) is 5.76 Å². The number of halogens is 1. The number of aliphatic imine (C=N–C) groups is 1. The van der Waals surface area contributed by atoms with Crippen molar-refractivity contribution in [3.63, 3.8) is 0 Å². The normalized spacial score (nSPS) is 14.5. The minimum Gasteiger partial charge on any atom is -0.463 e. The fourth-order valence-corrected chi connectivity index (χ4v) is 2.41. The third-order valence-electron chi connectivity index (χ3n) is 2.65. The third kappa shape index (κ3) is 2.11. The van der Waals surface area contributed by atoms with E-state index >= 15 is 0 Å². The maximum atomic E-state index is 5.44. The minimum absolute atomic E-state index is 0.470. The number of benzodiazepines with no additional fused rings is 1. The average Bonchev–Trinajstić information content (AvgIpc) is 2.81. The summed E-state index contributed by atoms with van der Waals surface area (Å²) < 4.78 is 6.44. The molecule has 0 unspecified atom stereocenters. The first-order chi connectivity index (χ1) is 8.74. The summed E-state index contributed by atoms with van der Waals surface area (Å²) in [5.74, 6) is 0.751. The number of thiocarbonyl (C=S) groups is 1. The Morgan fingerprint density at radius 3 is 3.00 bits per heavy atom. The molecule has 2 aromatic rings. The van der Waals surface area contributed by atoms with Crippen LogP contribution in [0.5, 0.6) is 0 Å². The molecule has 0 spiro atoms. The van der Waals surface area contributed by atoms with Gasteiger partial charge in [-0.15, -0.1) is 0 Å². The molecule has 0 amide bonds. The smallest absolute Gasteiger partial charge is 0.152 e. The lowest BCUT2D eigenvalue weighted by Crippen LogP contribution is -2.10. The minimum atomic E-state index is 0.470. The van der Waals surface area contributed by atoms with E-state index < -0.39 is 0 Å². The maximum Gasteiger partial charge on any atom is 0.152 e. The van der Waals surface area contributed by atoms with Gasteiger partial charge in [-0.05, 0) is 30.3 Å². The molecule has 3 nitrogen and oxygen atoms in total. The number of fused-ring (bicyclic) bond motifs is 1. The van der Waals surface area contributed by atoms with Crippen molar-refractivity contribution in [1.82, 2.24) is 0 Å². The molecule has 0 atom stereocenters. The van der Waals surface area contributed by atoms with Gasteiger partial charge >= 0.3 is 0 Å². The quantitative estimate of drug-likeness (QED) is 0.815. The Kier molecular flexibility index (Phi) is 3.01. The first-order valence-corrected chi connectivity index (χ1v) is 6.62. The summed E-state index contributed by atoms with van der Waals surface area (Å²) >= 11 is 8.70. The maximum absolute atomic E-state index is 5.44. The van der Waals surface area contributed by atoms with Gasteiger partial charge in [0.1, 0.15) is 10.7 Å². The monoisotopic (exact) mass is 320 g/mol. The van der Waals surface area contributed by atoms with E-state index in [9.17, 15) is 0 Å². The summed E-state index contributed by atoms with van der Waals surface area (Å²) in [4.78, 5) is 5.24. The summed E-state index contributed by atoms with van der Waals surface area (Å²) in [6, 6.07) is 9.72. The Balaban J connectivity index is 2.20. The number of anilines is 1. The second kappa shape index (κ2) is 4.66. The van der Waals surface area contributed by atoms with Crippen molar-refractivity contribution in [2.24, 2.45) is 4.99 Å². The van der Waals surface area contributed by atoms with Crippen LogP contribution in [-0.4, -0.2) is 17.2 Å². The standard InChI is InChI=1S/C13H9BrN2OS/c14-8-3-4-10-9(6-8)13(11-2-1-5-17-11)15-7-12(18)16-10/h1-6H,7H2,(H,16,18). The first-order valence-electron chi connectivity index (χ1n) is 5.42. The number of nitrogens with one attached hydrogen (secondary N) is 1. The summed E-state index contributed by atoms with van der Waals surface area (Å²) in [7, 11) is 0. The largest absolute Gasteiger partial charge is 0.463 e. The van der Waals surface area contributed by atoms with Crippen LogP contribution in [0.4, 0.5) is 5.69 Å². The van der Waals surface area contributed by atoms with E-state index in [1.54, 1.807) is 6.26 Å². The fraction of sp³-hybridized carbons (Fsp3) is 0.0769. The van der Waals surface area contributed by atoms with Crippen LogP contribution < -0.4 is 5.32 Å². The van der Waals surface area contributed by atoms with Gasteiger partial charge < -0.3 is 9.73 Å². The molecule has 1 aromatic heterocycles. The third-order valence-corrected chi connectivity index (χ3v) is 3.37. The molecule has 5 heteroatoms. The predicted octanol–water partition coefficient (Wildman–Crippen LogP) is 3.63. The SMILES string of the molecule is S=C1CN=C(c2ccco2)c2cc(Br)ccc2N1. The Labute approximate surface area is 118 Å². The van der Waals surface area contributed by atoms with Gasteiger partial charge in [0.2, 0.25) is 0 Å². The molecule has 18 heavy (non-hydrogen) atoms. The van der Waals surface area contributed by atoms with Crippen molar-refractivity contribution in [2.75, 3.05) is 11.9 Å². The molecule has 3 rings (SSSR count). The zero-order chi connectivity index (χ0) is 12.5. The van der Waals surface area contributed by atoms with Crippen molar-refractivity contribution in [3.8, 4) is 0 Å². The molecular formula is C13H9BrN2OS. The Morgan fingerprint density at radius 1 is 1.33 bits per heavy atom. The van der Waals surface area contributed by atoms with Gasteiger partial charge in [-0.25, -0.2) is 0 Å². The molecule has 0 saturated carbocycles. The molecule has 0 bridgehead atoms. The van der Waals surface area contributed by atoms with Gasteiger partial charge in [-0.1, -0.05) is 28.1 Å². The number of hydrogen-bond donors (Lipinski definition) is 1. The molecule has 90 valence electrons. The van der Waals surface area contributed by atoms with Crippen LogP contribution >= 0.6 is 28.1 Å². The first kappa shape index (κ1) is 11.6. The van der Waals surface area contributed by atoms with E-state index in [4.69, 9.17) is 16.6 Å². The van der Waals surface area contributed by atoms with E-state index in [1.165, 1.54) is 0 Å². The average molecular weight is 321 g/mol. The van der Waals surface area contributed by atoms with Crippen LogP contribution in [0.3, 0.4) is 0 Å². The molecule has 1 aliphatic heterocycles. The predicted molar refractivity (Wildman–Crippen MR) is 79.6 cm³/mol. The van der Waals surface area contributed by atoms with E-state index in [2.05, 4.69) is 26.2 Å². The van der Waals surface area contributed by atoms with E-state index in [1.807, 2.05) is 30.3 Å². The Hall–Kier alpha value is -1.46. The lowest BCUT2D eigenvalue weighted by Gasteiger charge is -2.09. The molecule has 0 radical (unpaired) electrons. The van der Waals surface area contributed by atoms with Crippen LogP contribution in [0.2, 0.25) is 0 Å². The van der Waals surface area contributed by atoms with Crippen molar-refractivity contribution < 1.29 is 4.42 Å². The molecule has 2 heterocycles. The highest BCUT2D eigenvalue weighted by atomic mass is 79.9. The van der Waals surface area contributed by atoms with E-state index in [0.29, 0.717) is 11.5 Å². The second-order valence-electron chi connectivity index (χ2n) is 3.88. The molecule has 0 aliphatic carbocycles. The van der Waals surface area contributed by atoms with Gasteiger partial charge in [0, 0.05) is 15.7 Å². The number of rotatable bonds is 1. The van der Waals surface area contributed by atoms with Crippen molar-refractivity contribution in [2.45, 2.75) is 0 Å². The highest BCUT2D eigenvalue weighted by molar-refractivity contribution is 9.10. The highest BCUT2D eigenvalue weighted by Crippen LogP contribution is 2.26. The highest BCUT2D eigenvalue weighted by Gasteiger charge is 2.18. The molecule has 1 aromatic carbocycles. The van der Waals surface area contributed by atoms with Crippen molar-refractivity contribution in [3.05, 3.63) is 52.4 Å². The molecule has 0 saturated heterocycles. The summed E-state index contributed by atoms with van der Waals surface area (Å²) in [5, 5.41) is 3.20. The zero-order valence-electron chi connectivity index (χ0n) is 9.31. The van der Waals surface area contributed by atoms with E-state index in [-0.39, 0.29) is 0 Å². The molecule has 1 aliphatic rings. The molecular weight excluding hydrogens is 312 g/mol. The molecule has 1 N–H and O–H groups in total. The van der Waals surface area contributed by atoms with Crippen LogP contribution in [-0.2, 0) is 0 Å². The van der Waals surface area contributed by atoms with Gasteiger partial charge in [-0.2, -0.15) is 0 Å². The molecule has 0 fully saturated rings. The van der Waals surface area contributed by atoms with Crippen molar-refractivity contribution >= 4 is 44.5 Å². The van der Waals surface area contributed by atoms with Gasteiger partial charge in [0.05, 0.1) is 12.8 Å². The number of hydrogen-bond acceptors (Lipinski definition) is 3. The lowest BCUT2D eigenvalue weighted by molar-refractivity contribution is 0.558. The van der Waals surface area contributed by atoms with Crippen LogP contribution in [0.25, 0.3) is 0 Å². The van der Waals surface area contributed by atoms with Crippen LogP contribution in [0.15, 0.2) is 50.5 Å². The van der Waals surface area contributed by atoms with Crippen LogP contribution in [0, 0.1) is 0 Å². The van der Waals surface area contributed by atoms with Gasteiger partial charge in [0.25, 0.3) is 0 Å². The topological polar surface area (TPSA) is 37.5 Å². The zero-order valence-corrected chi connectivity index (χ0v) is 11.7. The fourth-order valence-electron chi connectivity index (χ4n) is 1.87. The Bertz CT molecular complexity index is 634. The summed E-state index contributed by atoms with van der Waals surface area (Å²) in [5.41, 5.74) is 2.76. The lowest BCUT2D eigenvalue weighted by atomic mass is 10.1. The Morgan fingerprint density at radius 2 is 2.22 bits per heavy atom.